The van der Waals surface area contributed by atoms with Gasteiger partial charge in [0.1, 0.15) is 17.3 Å². The van der Waals surface area contributed by atoms with E-state index in [1.165, 1.54) is 12.1 Å². The third kappa shape index (κ3) is 4.94. The molecule has 41 heavy (non-hydrogen) atoms. The number of hydrogen-bond acceptors (Lipinski definition) is 6. The smallest absolute Gasteiger partial charge is 0.316 e. The Labute approximate surface area is 236 Å². The van der Waals surface area contributed by atoms with Gasteiger partial charge in [0.05, 0.1) is 23.7 Å². The Kier molecular flexibility index (Phi) is 6.78. The van der Waals surface area contributed by atoms with Crippen molar-refractivity contribution in [1.29, 1.82) is 0 Å². The Morgan fingerprint density at radius 1 is 1.17 bits per heavy atom. The third-order valence-corrected chi connectivity index (χ3v) is 7.11. The summed E-state index contributed by atoms with van der Waals surface area (Å²) in [5.41, 5.74) is 11.0. The van der Waals surface area contributed by atoms with Gasteiger partial charge in [0, 0.05) is 55.4 Å². The van der Waals surface area contributed by atoms with E-state index in [0.717, 1.165) is 39.7 Å². The van der Waals surface area contributed by atoms with Crippen LogP contribution < -0.4 is 20.7 Å². The van der Waals surface area contributed by atoms with Crippen LogP contribution in [0, 0.1) is 18.7 Å². The number of halogens is 1. The number of benzene rings is 2. The average molecular weight is 555 g/mol. The third-order valence-electron chi connectivity index (χ3n) is 7.11. The number of rotatable bonds is 7. The minimum absolute atomic E-state index is 0.00911. The summed E-state index contributed by atoms with van der Waals surface area (Å²) in [4.78, 5) is 22.7. The topological polar surface area (TPSA) is 116 Å². The Morgan fingerprint density at radius 3 is 2.73 bits per heavy atom. The monoisotopic (exact) mass is 554 g/mol. The molecule has 0 bridgehead atoms. The van der Waals surface area contributed by atoms with Crippen molar-refractivity contribution in [2.75, 3.05) is 23.4 Å². The molecule has 10 nitrogen and oxygen atoms in total. The van der Waals surface area contributed by atoms with E-state index in [9.17, 15) is 4.79 Å². The maximum Gasteiger partial charge on any atom is 0.316 e. The zero-order valence-corrected chi connectivity index (χ0v) is 23.1. The van der Waals surface area contributed by atoms with Crippen LogP contribution in [0.4, 0.5) is 20.7 Å². The van der Waals surface area contributed by atoms with Gasteiger partial charge in [-0.15, -0.1) is 0 Å². The Morgan fingerprint density at radius 2 is 1.98 bits per heavy atom. The van der Waals surface area contributed by atoms with Crippen molar-refractivity contribution in [3.05, 3.63) is 83.8 Å². The van der Waals surface area contributed by atoms with Crippen LogP contribution in [-0.2, 0) is 13.0 Å². The molecule has 5 aromatic rings. The summed E-state index contributed by atoms with van der Waals surface area (Å²) in [6.07, 6.45) is 7.93. The van der Waals surface area contributed by atoms with Gasteiger partial charge in [0.15, 0.2) is 11.5 Å². The first-order valence-corrected chi connectivity index (χ1v) is 13.5. The van der Waals surface area contributed by atoms with E-state index in [4.69, 9.17) is 15.6 Å². The molecule has 0 saturated carbocycles. The first kappa shape index (κ1) is 26.3. The molecular weight excluding hydrogens is 523 g/mol. The van der Waals surface area contributed by atoms with Gasteiger partial charge < -0.3 is 25.1 Å². The van der Waals surface area contributed by atoms with E-state index in [2.05, 4.69) is 34.0 Å². The zero-order valence-electron chi connectivity index (χ0n) is 23.1. The number of aryl methyl sites for hydroxylation is 1. The molecule has 6 rings (SSSR count). The average Bonchev–Trinajstić information content (AvgIpc) is 3.57. The molecule has 0 aliphatic carbocycles. The number of aromatic nitrogens is 5. The van der Waals surface area contributed by atoms with Crippen LogP contribution >= 0.6 is 0 Å². The number of urea groups is 1. The number of carbonyl (C=O) groups excluding carboxylic acids is 1. The lowest BCUT2D eigenvalue weighted by molar-refractivity contribution is 0.259. The van der Waals surface area contributed by atoms with Crippen LogP contribution in [0.15, 0.2) is 61.2 Å². The molecule has 0 fully saturated rings. The number of para-hydroxylation sites is 1. The maximum atomic E-state index is 15.3. The molecule has 0 atom stereocenters. The summed E-state index contributed by atoms with van der Waals surface area (Å²) in [5, 5.41) is 7.42. The highest BCUT2D eigenvalue weighted by Crippen LogP contribution is 2.38. The van der Waals surface area contributed by atoms with Crippen molar-refractivity contribution in [3.63, 3.8) is 0 Å². The molecule has 0 radical (unpaired) electrons. The SMILES string of the molecule is Cc1cccc(OCC(C)C)c1-n1nc2c(c1-c1ccc(NC(N)=O)c(F)c1)CN(c1nccn3ccnc13)CC2. The van der Waals surface area contributed by atoms with Gasteiger partial charge in [-0.2, -0.15) is 5.10 Å². The maximum absolute atomic E-state index is 15.3. The quantitative estimate of drug-likeness (QED) is 0.289. The molecule has 4 heterocycles. The lowest BCUT2D eigenvalue weighted by Gasteiger charge is -2.28. The van der Waals surface area contributed by atoms with Gasteiger partial charge in [-0.05, 0) is 36.6 Å². The number of nitrogens with zero attached hydrogens (tertiary/aromatic N) is 6. The number of anilines is 2. The van der Waals surface area contributed by atoms with Gasteiger partial charge in [0.2, 0.25) is 0 Å². The van der Waals surface area contributed by atoms with Crippen molar-refractivity contribution in [2.45, 2.75) is 33.7 Å². The lowest BCUT2D eigenvalue weighted by Crippen LogP contribution is -2.31. The predicted molar refractivity (Wildman–Crippen MR) is 155 cm³/mol. The normalized spacial score (nSPS) is 13.0. The number of amides is 2. The fraction of sp³-hybridized carbons (Fsp3) is 0.267. The molecule has 3 N–H and O–H groups in total. The molecule has 0 unspecified atom stereocenters. The molecule has 11 heteroatoms. The molecule has 2 aromatic carbocycles. The Balaban J connectivity index is 1.52. The molecule has 210 valence electrons. The van der Waals surface area contributed by atoms with E-state index in [0.29, 0.717) is 43.3 Å². The molecule has 0 saturated heterocycles. The number of primary amides is 1. The fourth-order valence-electron chi connectivity index (χ4n) is 5.25. The molecule has 0 spiro atoms. The number of carbonyl (C=O) groups is 1. The van der Waals surface area contributed by atoms with E-state index in [1.54, 1.807) is 18.5 Å². The van der Waals surface area contributed by atoms with Crippen LogP contribution in [0.2, 0.25) is 0 Å². The van der Waals surface area contributed by atoms with E-state index < -0.39 is 11.8 Å². The standard InChI is InChI=1S/C30H31FN8O2/c1-18(2)17-41-25-6-4-5-19(3)26(25)39-27(20-7-8-24(22(31)15-20)35-30(32)40)21-16-38(12-9-23(21)36-39)29-28-33-10-13-37(28)14-11-34-29/h4-8,10-11,13-15,18H,9,12,16-17H2,1-3H3,(H3,32,35,40). The highest BCUT2D eigenvalue weighted by atomic mass is 19.1. The number of ether oxygens (including phenoxy) is 1. The molecule has 3 aromatic heterocycles. The van der Waals surface area contributed by atoms with Crippen molar-refractivity contribution in [3.8, 4) is 22.7 Å². The van der Waals surface area contributed by atoms with Gasteiger partial charge in [-0.3, -0.25) is 0 Å². The van der Waals surface area contributed by atoms with Gasteiger partial charge in [0.25, 0.3) is 0 Å². The predicted octanol–water partition coefficient (Wildman–Crippen LogP) is 5.12. The number of nitrogens with two attached hydrogens (primary N) is 1. The second-order valence-corrected chi connectivity index (χ2v) is 10.6. The molecule has 1 aliphatic rings. The number of fused-ring (bicyclic) bond motifs is 2. The highest BCUT2D eigenvalue weighted by Gasteiger charge is 2.30. The van der Waals surface area contributed by atoms with Crippen LogP contribution in [0.3, 0.4) is 0 Å². The van der Waals surface area contributed by atoms with Crippen molar-refractivity contribution < 1.29 is 13.9 Å². The minimum atomic E-state index is -0.831. The van der Waals surface area contributed by atoms with E-state index in [-0.39, 0.29) is 5.69 Å². The van der Waals surface area contributed by atoms with Crippen molar-refractivity contribution >= 4 is 23.2 Å². The summed E-state index contributed by atoms with van der Waals surface area (Å²) in [5.74, 6) is 1.21. The fourth-order valence-corrected chi connectivity index (χ4v) is 5.25. The first-order valence-electron chi connectivity index (χ1n) is 13.5. The summed E-state index contributed by atoms with van der Waals surface area (Å²) in [7, 11) is 0. The van der Waals surface area contributed by atoms with Crippen LogP contribution in [0.25, 0.3) is 22.6 Å². The summed E-state index contributed by atoms with van der Waals surface area (Å²) < 4.78 is 25.3. The van der Waals surface area contributed by atoms with Crippen molar-refractivity contribution in [2.24, 2.45) is 11.7 Å². The molecular formula is C30H31FN8O2. The van der Waals surface area contributed by atoms with Gasteiger partial charge in [-0.25, -0.2) is 23.8 Å². The summed E-state index contributed by atoms with van der Waals surface area (Å²) >= 11 is 0. The van der Waals surface area contributed by atoms with Crippen molar-refractivity contribution in [1.82, 2.24) is 24.1 Å². The van der Waals surface area contributed by atoms with Gasteiger partial charge >= 0.3 is 6.03 Å². The Hall–Kier alpha value is -4.93. The van der Waals surface area contributed by atoms with E-state index in [1.807, 2.05) is 46.6 Å². The molecule has 2 amide bonds. The number of hydrogen-bond donors (Lipinski definition) is 2. The summed E-state index contributed by atoms with van der Waals surface area (Å²) in [6.45, 7) is 7.95. The van der Waals surface area contributed by atoms with E-state index >= 15 is 4.39 Å². The zero-order chi connectivity index (χ0) is 28.7. The number of imidazole rings is 1. The molecule has 1 aliphatic heterocycles. The van der Waals surface area contributed by atoms with Gasteiger partial charge in [-0.1, -0.05) is 32.0 Å². The second kappa shape index (κ2) is 10.6. The van der Waals surface area contributed by atoms with Crippen LogP contribution in [-0.4, -0.2) is 43.3 Å². The first-order chi connectivity index (χ1) is 19.8. The number of nitrogens with one attached hydrogen (secondary N) is 1. The summed E-state index contributed by atoms with van der Waals surface area (Å²) in [6, 6.07) is 9.76. The Bertz CT molecular complexity index is 1760. The highest BCUT2D eigenvalue weighted by molar-refractivity contribution is 5.88. The lowest BCUT2D eigenvalue weighted by atomic mass is 10.00. The van der Waals surface area contributed by atoms with Crippen LogP contribution in [0.5, 0.6) is 5.75 Å². The van der Waals surface area contributed by atoms with Crippen LogP contribution in [0.1, 0.15) is 30.7 Å². The minimum Gasteiger partial charge on any atom is -0.491 e. The second-order valence-electron chi connectivity index (χ2n) is 10.6. The largest absolute Gasteiger partial charge is 0.491 e.